The Morgan fingerprint density at radius 1 is 1.39 bits per heavy atom. The van der Waals surface area contributed by atoms with Crippen molar-refractivity contribution >= 4 is 17.0 Å². The molecule has 3 aromatic rings. The Balaban J connectivity index is 1.88. The fraction of sp³-hybridized carbons (Fsp3) is 0.312. The number of aromatic nitrogens is 4. The van der Waals surface area contributed by atoms with E-state index in [-0.39, 0.29) is 11.6 Å². The van der Waals surface area contributed by atoms with Crippen molar-refractivity contribution in [2.75, 3.05) is 12.4 Å². The average Bonchev–Trinajstić information content (AvgIpc) is 2.98. The fourth-order valence-electron chi connectivity index (χ4n) is 2.37. The lowest BCUT2D eigenvalue weighted by molar-refractivity contribution is 0.414. The Bertz CT molecular complexity index is 882. The molecule has 1 aromatic carbocycles. The summed E-state index contributed by atoms with van der Waals surface area (Å²) in [6.07, 6.45) is 1.55. The van der Waals surface area contributed by atoms with Crippen LogP contribution in [0.15, 0.2) is 35.3 Å². The van der Waals surface area contributed by atoms with E-state index >= 15 is 0 Å². The first-order valence-corrected chi connectivity index (χ1v) is 7.43. The second-order valence-electron chi connectivity index (χ2n) is 5.54. The van der Waals surface area contributed by atoms with Gasteiger partial charge in [-0.25, -0.2) is 4.68 Å². The van der Waals surface area contributed by atoms with E-state index in [1.807, 2.05) is 38.1 Å². The highest BCUT2D eigenvalue weighted by Gasteiger charge is 2.11. The van der Waals surface area contributed by atoms with Crippen LogP contribution in [0.2, 0.25) is 0 Å². The van der Waals surface area contributed by atoms with Gasteiger partial charge in [-0.2, -0.15) is 10.1 Å². The molecule has 0 saturated carbocycles. The maximum absolute atomic E-state index is 12.1. The molecule has 7 nitrogen and oxygen atoms in total. The van der Waals surface area contributed by atoms with Crippen LogP contribution in [-0.4, -0.2) is 26.9 Å². The van der Waals surface area contributed by atoms with Gasteiger partial charge in [0.2, 0.25) is 5.95 Å². The molecule has 0 fully saturated rings. The number of methoxy groups -OCH3 is 1. The number of ether oxygens (including phenoxy) is 1. The van der Waals surface area contributed by atoms with E-state index < -0.39 is 0 Å². The lowest BCUT2D eigenvalue weighted by Crippen LogP contribution is -2.14. The van der Waals surface area contributed by atoms with Gasteiger partial charge < -0.3 is 10.1 Å². The van der Waals surface area contributed by atoms with Gasteiger partial charge >= 0.3 is 0 Å². The highest BCUT2D eigenvalue weighted by atomic mass is 16.5. The molecule has 0 atom stereocenters. The zero-order chi connectivity index (χ0) is 16.4. The normalized spacial score (nSPS) is 11.1. The predicted octanol–water partition coefficient (Wildman–Crippen LogP) is 2.32. The Labute approximate surface area is 133 Å². The maximum Gasteiger partial charge on any atom is 0.263 e. The van der Waals surface area contributed by atoms with Gasteiger partial charge in [0, 0.05) is 12.6 Å². The van der Waals surface area contributed by atoms with Gasteiger partial charge in [-0.05, 0) is 31.5 Å². The number of hydrogen-bond donors (Lipinski definition) is 2. The summed E-state index contributed by atoms with van der Waals surface area (Å²) in [5.74, 6) is 1.21. The maximum atomic E-state index is 12.1. The minimum atomic E-state index is -0.199. The Morgan fingerprint density at radius 2 is 2.22 bits per heavy atom. The van der Waals surface area contributed by atoms with E-state index in [1.54, 1.807) is 18.0 Å². The van der Waals surface area contributed by atoms with Crippen molar-refractivity contribution in [1.29, 1.82) is 0 Å². The van der Waals surface area contributed by atoms with E-state index in [9.17, 15) is 4.79 Å². The fourth-order valence-corrected chi connectivity index (χ4v) is 2.37. The summed E-state index contributed by atoms with van der Waals surface area (Å²) in [4.78, 5) is 19.4. The summed E-state index contributed by atoms with van der Waals surface area (Å²) < 4.78 is 6.94. The van der Waals surface area contributed by atoms with Gasteiger partial charge in [0.1, 0.15) is 11.1 Å². The summed E-state index contributed by atoms with van der Waals surface area (Å²) in [5.41, 5.74) is 1.41. The van der Waals surface area contributed by atoms with Crippen LogP contribution < -0.4 is 15.6 Å². The third-order valence-electron chi connectivity index (χ3n) is 3.55. The van der Waals surface area contributed by atoms with E-state index in [0.717, 1.165) is 11.3 Å². The molecule has 0 spiro atoms. The van der Waals surface area contributed by atoms with Crippen molar-refractivity contribution in [3.8, 4) is 5.75 Å². The molecule has 23 heavy (non-hydrogen) atoms. The van der Waals surface area contributed by atoms with Gasteiger partial charge in [-0.1, -0.05) is 12.1 Å². The SMILES string of the molecule is COc1cccc(CNc2nc3c(cnn3C(C)C)c(=O)[nH]2)c1. The summed E-state index contributed by atoms with van der Waals surface area (Å²) in [5, 5.41) is 7.86. The first kappa shape index (κ1) is 15.1. The van der Waals surface area contributed by atoms with Crippen molar-refractivity contribution < 1.29 is 4.74 Å². The number of fused-ring (bicyclic) bond motifs is 1. The molecular formula is C16H19N5O2. The monoisotopic (exact) mass is 313 g/mol. The summed E-state index contributed by atoms with van der Waals surface area (Å²) in [6, 6.07) is 7.85. The summed E-state index contributed by atoms with van der Waals surface area (Å²) >= 11 is 0. The second-order valence-corrected chi connectivity index (χ2v) is 5.54. The van der Waals surface area contributed by atoms with Crippen molar-refractivity contribution in [1.82, 2.24) is 19.7 Å². The van der Waals surface area contributed by atoms with E-state index in [1.165, 1.54) is 0 Å². The van der Waals surface area contributed by atoms with Crippen LogP contribution in [0.1, 0.15) is 25.5 Å². The molecule has 0 saturated heterocycles. The first-order valence-electron chi connectivity index (χ1n) is 7.43. The van der Waals surface area contributed by atoms with Crippen molar-refractivity contribution in [2.45, 2.75) is 26.4 Å². The number of hydrogen-bond acceptors (Lipinski definition) is 5. The van der Waals surface area contributed by atoms with E-state index in [4.69, 9.17) is 4.74 Å². The van der Waals surface area contributed by atoms with Crippen LogP contribution in [0.4, 0.5) is 5.95 Å². The number of nitrogens with one attached hydrogen (secondary N) is 2. The lowest BCUT2D eigenvalue weighted by atomic mass is 10.2. The lowest BCUT2D eigenvalue weighted by Gasteiger charge is -2.09. The number of aromatic amines is 1. The Hall–Kier alpha value is -2.83. The van der Waals surface area contributed by atoms with E-state index in [0.29, 0.717) is 23.5 Å². The van der Waals surface area contributed by atoms with Crippen molar-refractivity contribution in [3.63, 3.8) is 0 Å². The summed E-state index contributed by atoms with van der Waals surface area (Å²) in [7, 11) is 1.63. The van der Waals surface area contributed by atoms with Crippen molar-refractivity contribution in [3.05, 3.63) is 46.4 Å². The zero-order valence-corrected chi connectivity index (χ0v) is 13.3. The van der Waals surface area contributed by atoms with Crippen LogP contribution >= 0.6 is 0 Å². The second kappa shape index (κ2) is 6.12. The zero-order valence-electron chi connectivity index (χ0n) is 13.3. The molecule has 2 heterocycles. The number of benzene rings is 1. The highest BCUT2D eigenvalue weighted by Crippen LogP contribution is 2.15. The molecule has 0 aliphatic heterocycles. The van der Waals surface area contributed by atoms with Crippen LogP contribution in [-0.2, 0) is 6.54 Å². The molecule has 0 bridgehead atoms. The standard InChI is InChI=1S/C16H19N5O2/c1-10(2)21-14-13(9-18-21)15(22)20-16(19-14)17-8-11-5-4-6-12(7-11)23-3/h4-7,9-10H,8H2,1-3H3,(H2,17,19,20,22). The molecule has 2 aromatic heterocycles. The molecule has 0 aliphatic rings. The van der Waals surface area contributed by atoms with Crippen LogP contribution in [0.25, 0.3) is 11.0 Å². The number of anilines is 1. The third-order valence-corrected chi connectivity index (χ3v) is 3.55. The Kier molecular flexibility index (Phi) is 4.01. The largest absolute Gasteiger partial charge is 0.497 e. The van der Waals surface area contributed by atoms with Crippen LogP contribution in [0.5, 0.6) is 5.75 Å². The predicted molar refractivity (Wildman–Crippen MR) is 88.9 cm³/mol. The van der Waals surface area contributed by atoms with Crippen LogP contribution in [0.3, 0.4) is 0 Å². The molecule has 0 aliphatic carbocycles. The van der Waals surface area contributed by atoms with Gasteiger partial charge in [0.15, 0.2) is 5.65 Å². The van der Waals surface area contributed by atoms with Crippen LogP contribution in [0, 0.1) is 0 Å². The number of H-pyrrole nitrogens is 1. The smallest absolute Gasteiger partial charge is 0.263 e. The molecule has 7 heteroatoms. The molecule has 3 rings (SSSR count). The minimum absolute atomic E-state index is 0.132. The number of nitrogens with zero attached hydrogens (tertiary/aromatic N) is 3. The van der Waals surface area contributed by atoms with E-state index in [2.05, 4.69) is 20.4 Å². The Morgan fingerprint density at radius 3 is 2.96 bits per heavy atom. The minimum Gasteiger partial charge on any atom is -0.497 e. The van der Waals surface area contributed by atoms with Gasteiger partial charge in [0.25, 0.3) is 5.56 Å². The van der Waals surface area contributed by atoms with Gasteiger partial charge in [0.05, 0.1) is 13.3 Å². The quantitative estimate of drug-likeness (QED) is 0.755. The molecule has 2 N–H and O–H groups in total. The van der Waals surface area contributed by atoms with Gasteiger partial charge in [-0.15, -0.1) is 0 Å². The third kappa shape index (κ3) is 3.03. The molecule has 0 unspecified atom stereocenters. The molecule has 0 radical (unpaired) electrons. The first-order chi connectivity index (χ1) is 11.1. The average molecular weight is 313 g/mol. The molecule has 120 valence electrons. The molecule has 0 amide bonds. The van der Waals surface area contributed by atoms with Crippen molar-refractivity contribution in [2.24, 2.45) is 0 Å². The van der Waals surface area contributed by atoms with Gasteiger partial charge in [-0.3, -0.25) is 9.78 Å². The molecular weight excluding hydrogens is 294 g/mol. The number of rotatable bonds is 5. The highest BCUT2D eigenvalue weighted by molar-refractivity contribution is 5.74. The summed E-state index contributed by atoms with van der Waals surface area (Å²) in [6.45, 7) is 4.53. The topological polar surface area (TPSA) is 84.8 Å².